The molecular weight excluding hydrogens is 306 g/mol. The molecule has 0 aliphatic heterocycles. The Morgan fingerprint density at radius 2 is 1.40 bits per heavy atom. The van der Waals surface area contributed by atoms with Gasteiger partial charge in [0.25, 0.3) is 5.59 Å². The summed E-state index contributed by atoms with van der Waals surface area (Å²) in [4.78, 5) is 35.9. The zero-order valence-electron chi connectivity index (χ0n) is 10.0. The van der Waals surface area contributed by atoms with Crippen molar-refractivity contribution in [1.29, 1.82) is 0 Å². The Balaban J connectivity index is 2.39. The van der Waals surface area contributed by atoms with Gasteiger partial charge in [0.1, 0.15) is 5.75 Å². The van der Waals surface area contributed by atoms with Crippen LogP contribution in [0, 0.1) is 0 Å². The van der Waals surface area contributed by atoms with E-state index in [1.54, 1.807) is 18.2 Å². The topological polar surface area (TPSA) is 124 Å². The van der Waals surface area contributed by atoms with Gasteiger partial charge in [-0.25, -0.2) is 0 Å². The van der Waals surface area contributed by atoms with Crippen LogP contribution in [0.1, 0.15) is 0 Å². The van der Waals surface area contributed by atoms with E-state index in [-0.39, 0.29) is 5.75 Å². The van der Waals surface area contributed by atoms with E-state index in [1.807, 2.05) is 12.1 Å². The molecule has 0 spiro atoms. The Morgan fingerprint density at radius 1 is 0.850 bits per heavy atom. The Kier molecular flexibility index (Phi) is 4.02. The summed E-state index contributed by atoms with van der Waals surface area (Å²) in [5.41, 5.74) is -2.50. The first-order valence-electron chi connectivity index (χ1n) is 5.44. The van der Waals surface area contributed by atoms with Crippen LogP contribution in [0.15, 0.2) is 42.5 Å². The highest BCUT2D eigenvalue weighted by Gasteiger charge is 2.45. The molecule has 0 aromatic heterocycles. The van der Waals surface area contributed by atoms with Crippen molar-refractivity contribution in [3.63, 3.8) is 0 Å². The molecule has 2 aromatic carbocycles. The largest absolute Gasteiger partial charge is 0.465 e. The van der Waals surface area contributed by atoms with Crippen molar-refractivity contribution in [3.8, 4) is 5.75 Å². The fourth-order valence-corrected chi connectivity index (χ4v) is 3.78. The van der Waals surface area contributed by atoms with Crippen molar-refractivity contribution in [2.24, 2.45) is 0 Å². The van der Waals surface area contributed by atoms with Crippen LogP contribution in [-0.2, 0) is 9.13 Å². The van der Waals surface area contributed by atoms with E-state index < -0.39 is 20.8 Å². The molecule has 0 saturated heterocycles. The summed E-state index contributed by atoms with van der Waals surface area (Å²) >= 11 is 0. The first-order chi connectivity index (χ1) is 9.18. The van der Waals surface area contributed by atoms with E-state index in [0.29, 0.717) is 0 Å². The molecule has 0 radical (unpaired) electrons. The molecule has 0 amide bonds. The maximum absolute atomic E-state index is 11.1. The molecule has 0 bridgehead atoms. The Morgan fingerprint density at radius 3 is 1.95 bits per heavy atom. The lowest BCUT2D eigenvalue weighted by atomic mass is 10.1. The van der Waals surface area contributed by atoms with Crippen LogP contribution in [-0.4, -0.2) is 25.2 Å². The summed E-state index contributed by atoms with van der Waals surface area (Å²) in [5, 5.41) is 1.59. The normalized spacial score (nSPS) is 12.8. The van der Waals surface area contributed by atoms with Gasteiger partial charge in [-0.2, -0.15) is 0 Å². The first kappa shape index (κ1) is 15.2. The predicted octanol–water partition coefficient (Wildman–Crippen LogP) is 1.86. The van der Waals surface area contributed by atoms with Gasteiger partial charge in [-0.3, -0.25) is 9.13 Å². The summed E-state index contributed by atoms with van der Waals surface area (Å²) in [6, 6.07) is 11.6. The van der Waals surface area contributed by atoms with E-state index in [4.69, 9.17) is 24.3 Å². The molecule has 0 saturated carbocycles. The minimum absolute atomic E-state index is 0.0275. The minimum atomic E-state index is -5.11. The van der Waals surface area contributed by atoms with Gasteiger partial charge in [0.15, 0.2) is 0 Å². The molecule has 0 atom stereocenters. The standard InChI is InChI=1S/C11H12O7P2/c12-19(13,14)11(20(15,16)17)18-10-6-5-8-3-1-2-4-9(8)7-10/h1-7,11H,(H2,12,13,14)(H2,15,16,17). The lowest BCUT2D eigenvalue weighted by molar-refractivity contribution is 0.236. The fraction of sp³-hybridized carbons (Fsp3) is 0.0909. The molecule has 2 aromatic rings. The molecular formula is C11H12O7P2. The quantitative estimate of drug-likeness (QED) is 0.634. The molecule has 7 nitrogen and oxygen atoms in total. The summed E-state index contributed by atoms with van der Waals surface area (Å²) in [5.74, 6) is -0.0275. The molecule has 108 valence electrons. The number of fused-ring (bicyclic) bond motifs is 1. The van der Waals surface area contributed by atoms with Crippen LogP contribution in [0.5, 0.6) is 5.75 Å². The second-order valence-electron chi connectivity index (χ2n) is 4.13. The third-order valence-electron chi connectivity index (χ3n) is 2.54. The van der Waals surface area contributed by atoms with Gasteiger partial charge in [-0.15, -0.1) is 0 Å². The molecule has 0 heterocycles. The molecule has 4 N–H and O–H groups in total. The van der Waals surface area contributed by atoms with Crippen molar-refractivity contribution in [3.05, 3.63) is 42.5 Å². The van der Waals surface area contributed by atoms with Crippen LogP contribution in [0.4, 0.5) is 0 Å². The van der Waals surface area contributed by atoms with Gasteiger partial charge in [0.05, 0.1) is 0 Å². The molecule has 0 unspecified atom stereocenters. The van der Waals surface area contributed by atoms with Crippen LogP contribution >= 0.6 is 15.2 Å². The number of ether oxygens (including phenoxy) is 1. The molecule has 2 rings (SSSR count). The van der Waals surface area contributed by atoms with E-state index in [9.17, 15) is 9.13 Å². The number of rotatable bonds is 4. The third-order valence-corrected chi connectivity index (χ3v) is 5.70. The van der Waals surface area contributed by atoms with Crippen LogP contribution in [0.2, 0.25) is 0 Å². The van der Waals surface area contributed by atoms with Gasteiger partial charge < -0.3 is 24.3 Å². The summed E-state index contributed by atoms with van der Waals surface area (Å²) < 4.78 is 27.1. The fourth-order valence-electron chi connectivity index (χ4n) is 1.70. The van der Waals surface area contributed by atoms with Crippen LogP contribution < -0.4 is 4.74 Å². The van der Waals surface area contributed by atoms with Crippen molar-refractivity contribution in [1.82, 2.24) is 0 Å². The zero-order valence-corrected chi connectivity index (χ0v) is 11.8. The average Bonchev–Trinajstić information content (AvgIpc) is 2.33. The summed E-state index contributed by atoms with van der Waals surface area (Å²) in [7, 11) is -10.2. The predicted molar refractivity (Wildman–Crippen MR) is 72.5 cm³/mol. The number of benzene rings is 2. The highest BCUT2D eigenvalue weighted by atomic mass is 31.2. The lowest BCUT2D eigenvalue weighted by Crippen LogP contribution is -2.17. The van der Waals surface area contributed by atoms with Gasteiger partial charge >= 0.3 is 15.2 Å². The smallest absolute Gasteiger partial charge is 0.378 e. The van der Waals surface area contributed by atoms with Gasteiger partial charge in [0.2, 0.25) is 0 Å². The van der Waals surface area contributed by atoms with Crippen molar-refractivity contribution < 1.29 is 33.4 Å². The Labute approximate surface area is 114 Å². The van der Waals surface area contributed by atoms with Crippen molar-refractivity contribution in [2.75, 3.05) is 0 Å². The molecule has 0 fully saturated rings. The minimum Gasteiger partial charge on any atom is -0.465 e. The maximum Gasteiger partial charge on any atom is 0.378 e. The third kappa shape index (κ3) is 3.46. The average molecular weight is 318 g/mol. The zero-order chi connectivity index (χ0) is 15.0. The van der Waals surface area contributed by atoms with Gasteiger partial charge in [-0.05, 0) is 22.9 Å². The van der Waals surface area contributed by atoms with E-state index in [0.717, 1.165) is 10.8 Å². The lowest BCUT2D eigenvalue weighted by Gasteiger charge is -2.20. The second kappa shape index (κ2) is 5.30. The molecule has 0 aliphatic rings. The van der Waals surface area contributed by atoms with Gasteiger partial charge in [0, 0.05) is 0 Å². The van der Waals surface area contributed by atoms with Crippen LogP contribution in [0.3, 0.4) is 0 Å². The highest BCUT2D eigenvalue weighted by Crippen LogP contribution is 2.60. The first-order valence-corrected chi connectivity index (χ1v) is 8.80. The maximum atomic E-state index is 11.1. The highest BCUT2D eigenvalue weighted by molar-refractivity contribution is 7.70. The van der Waals surface area contributed by atoms with E-state index in [1.165, 1.54) is 12.1 Å². The molecule has 9 heteroatoms. The summed E-state index contributed by atoms with van der Waals surface area (Å²) in [6.07, 6.45) is 0. The Hall–Kier alpha value is -1.20. The van der Waals surface area contributed by atoms with E-state index in [2.05, 4.69) is 0 Å². The van der Waals surface area contributed by atoms with Crippen LogP contribution in [0.25, 0.3) is 10.8 Å². The SMILES string of the molecule is O=P(O)(O)C(Oc1ccc2ccccc2c1)P(=O)(O)O. The monoisotopic (exact) mass is 318 g/mol. The summed E-state index contributed by atoms with van der Waals surface area (Å²) in [6.45, 7) is 0. The van der Waals surface area contributed by atoms with E-state index >= 15 is 0 Å². The Bertz CT molecular complexity index is 696. The van der Waals surface area contributed by atoms with Crippen molar-refractivity contribution in [2.45, 2.75) is 5.59 Å². The molecule has 20 heavy (non-hydrogen) atoms. The number of hydrogen-bond donors (Lipinski definition) is 4. The second-order valence-corrected chi connectivity index (χ2v) is 7.83. The van der Waals surface area contributed by atoms with Gasteiger partial charge in [-0.1, -0.05) is 30.3 Å². The van der Waals surface area contributed by atoms with Crippen molar-refractivity contribution >= 4 is 26.0 Å². The number of hydrogen-bond acceptors (Lipinski definition) is 3. The molecule has 0 aliphatic carbocycles.